The molecule has 1 aliphatic heterocycles. The van der Waals surface area contributed by atoms with Gasteiger partial charge in [0.05, 0.1) is 25.4 Å². The van der Waals surface area contributed by atoms with Crippen molar-refractivity contribution in [1.82, 2.24) is 4.90 Å². The van der Waals surface area contributed by atoms with Crippen molar-refractivity contribution in [1.29, 1.82) is 0 Å². The Morgan fingerprint density at radius 3 is 2.56 bits per heavy atom. The van der Waals surface area contributed by atoms with Crippen LogP contribution in [0.3, 0.4) is 0 Å². The molecule has 1 aliphatic rings. The van der Waals surface area contributed by atoms with Crippen LogP contribution in [0.1, 0.15) is 31.4 Å². The zero-order chi connectivity index (χ0) is 19.2. The first-order valence-electron chi connectivity index (χ1n) is 9.48. The Morgan fingerprint density at radius 2 is 1.89 bits per heavy atom. The van der Waals surface area contributed by atoms with Crippen LogP contribution in [0.5, 0.6) is 11.5 Å². The number of rotatable bonds is 8. The monoisotopic (exact) mass is 367 g/mol. The van der Waals surface area contributed by atoms with Gasteiger partial charge in [0, 0.05) is 25.1 Å². The van der Waals surface area contributed by atoms with Crippen molar-refractivity contribution in [3.63, 3.8) is 0 Å². The van der Waals surface area contributed by atoms with Crippen molar-refractivity contribution < 1.29 is 9.47 Å². The third kappa shape index (κ3) is 4.61. The molecule has 0 radical (unpaired) electrons. The summed E-state index contributed by atoms with van der Waals surface area (Å²) in [7, 11) is 5.88. The lowest BCUT2D eigenvalue weighted by Gasteiger charge is -2.24. The molecule has 0 amide bonds. The van der Waals surface area contributed by atoms with Crippen LogP contribution in [0.25, 0.3) is 0 Å². The molecule has 3 rings (SSSR count). The first kappa shape index (κ1) is 19.2. The molecule has 2 aromatic carbocycles. The molecule has 5 heteroatoms. The topological polar surface area (TPSA) is 37.3 Å². The number of nitrogens with zero attached hydrogens (tertiary/aromatic N) is 3. The Hall–Kier alpha value is -2.53. The number of hydrogen-bond acceptors (Lipinski definition) is 5. The van der Waals surface area contributed by atoms with Crippen molar-refractivity contribution in [3.8, 4) is 11.5 Å². The summed E-state index contributed by atoms with van der Waals surface area (Å²) in [6.45, 7) is 3.60. The minimum absolute atomic E-state index is 0.161. The average molecular weight is 367 g/mol. The van der Waals surface area contributed by atoms with Crippen LogP contribution in [0.15, 0.2) is 53.6 Å². The van der Waals surface area contributed by atoms with Gasteiger partial charge in [-0.15, -0.1) is 0 Å². The highest BCUT2D eigenvalue weighted by atomic mass is 16.5. The van der Waals surface area contributed by atoms with Gasteiger partial charge in [-0.3, -0.25) is 5.01 Å². The lowest BCUT2D eigenvalue weighted by atomic mass is 9.99. The molecule has 0 saturated carbocycles. The predicted octanol–water partition coefficient (Wildman–Crippen LogP) is 4.35. The van der Waals surface area contributed by atoms with E-state index in [4.69, 9.17) is 14.6 Å². The summed E-state index contributed by atoms with van der Waals surface area (Å²) in [5.41, 5.74) is 3.52. The highest BCUT2D eigenvalue weighted by Gasteiger charge is 2.29. The van der Waals surface area contributed by atoms with E-state index < -0.39 is 0 Å². The normalized spacial score (nSPS) is 16.6. The van der Waals surface area contributed by atoms with E-state index in [0.717, 1.165) is 36.6 Å². The summed E-state index contributed by atoms with van der Waals surface area (Å²) in [6, 6.07) is 16.7. The Bertz CT molecular complexity index is 774. The fraction of sp³-hybridized carbons (Fsp3) is 0.409. The van der Waals surface area contributed by atoms with Crippen LogP contribution in [0, 0.1) is 0 Å². The number of ether oxygens (including phenoxy) is 2. The molecule has 0 spiro atoms. The van der Waals surface area contributed by atoms with Crippen molar-refractivity contribution >= 4 is 11.4 Å². The third-order valence-electron chi connectivity index (χ3n) is 4.71. The van der Waals surface area contributed by atoms with Crippen molar-refractivity contribution in [3.05, 3.63) is 54.1 Å². The smallest absolute Gasteiger partial charge is 0.161 e. The van der Waals surface area contributed by atoms with Crippen LogP contribution >= 0.6 is 0 Å². The Balaban J connectivity index is 1.90. The molecule has 1 heterocycles. The molecular formula is C22H29N3O2. The maximum Gasteiger partial charge on any atom is 0.161 e. The quantitative estimate of drug-likeness (QED) is 0.695. The maximum atomic E-state index is 5.67. The van der Waals surface area contributed by atoms with Crippen LogP contribution < -0.4 is 14.5 Å². The molecule has 2 aromatic rings. The molecule has 0 aromatic heterocycles. The van der Waals surface area contributed by atoms with Gasteiger partial charge in [-0.1, -0.05) is 24.3 Å². The molecular weight excluding hydrogens is 338 g/mol. The van der Waals surface area contributed by atoms with Crippen molar-refractivity contribution in [2.75, 3.05) is 39.4 Å². The van der Waals surface area contributed by atoms with Gasteiger partial charge in [0.15, 0.2) is 11.5 Å². The average Bonchev–Trinajstić information content (AvgIpc) is 3.12. The fourth-order valence-electron chi connectivity index (χ4n) is 3.32. The molecule has 0 N–H and O–H groups in total. The van der Waals surface area contributed by atoms with E-state index in [9.17, 15) is 0 Å². The second-order valence-electron chi connectivity index (χ2n) is 6.96. The lowest BCUT2D eigenvalue weighted by molar-refractivity contribution is 0.310. The minimum Gasteiger partial charge on any atom is -0.493 e. The minimum atomic E-state index is 0.161. The van der Waals surface area contributed by atoms with E-state index in [1.165, 1.54) is 11.3 Å². The van der Waals surface area contributed by atoms with Crippen molar-refractivity contribution in [2.24, 2.45) is 5.10 Å². The Labute approximate surface area is 162 Å². The molecule has 1 atom stereocenters. The largest absolute Gasteiger partial charge is 0.493 e. The number of benzene rings is 2. The summed E-state index contributed by atoms with van der Waals surface area (Å²) < 4.78 is 11.2. The summed E-state index contributed by atoms with van der Waals surface area (Å²) in [5.74, 6) is 1.55. The zero-order valence-corrected chi connectivity index (χ0v) is 16.7. The van der Waals surface area contributed by atoms with Gasteiger partial charge in [-0.25, -0.2) is 0 Å². The van der Waals surface area contributed by atoms with Crippen LogP contribution in [0.2, 0.25) is 0 Å². The first-order chi connectivity index (χ1) is 13.1. The highest BCUT2D eigenvalue weighted by molar-refractivity contribution is 5.89. The fourth-order valence-corrected chi connectivity index (χ4v) is 3.32. The molecule has 144 valence electrons. The van der Waals surface area contributed by atoms with Gasteiger partial charge < -0.3 is 14.4 Å². The van der Waals surface area contributed by atoms with E-state index >= 15 is 0 Å². The van der Waals surface area contributed by atoms with Gasteiger partial charge in [-0.2, -0.15) is 5.10 Å². The summed E-state index contributed by atoms with van der Waals surface area (Å²) >= 11 is 0. The van der Waals surface area contributed by atoms with Gasteiger partial charge in [0.25, 0.3) is 0 Å². The van der Waals surface area contributed by atoms with Gasteiger partial charge in [0.2, 0.25) is 0 Å². The lowest BCUT2D eigenvalue weighted by Crippen LogP contribution is -2.18. The van der Waals surface area contributed by atoms with E-state index in [1.807, 2.05) is 19.1 Å². The van der Waals surface area contributed by atoms with E-state index in [1.54, 1.807) is 7.11 Å². The van der Waals surface area contributed by atoms with E-state index in [2.05, 4.69) is 60.4 Å². The maximum absolute atomic E-state index is 5.67. The van der Waals surface area contributed by atoms with Gasteiger partial charge >= 0.3 is 0 Å². The van der Waals surface area contributed by atoms with E-state index in [-0.39, 0.29) is 6.04 Å². The molecule has 0 bridgehead atoms. The number of para-hydroxylation sites is 1. The summed E-state index contributed by atoms with van der Waals surface area (Å²) in [4.78, 5) is 2.20. The number of methoxy groups -OCH3 is 1. The van der Waals surface area contributed by atoms with Crippen molar-refractivity contribution in [2.45, 2.75) is 25.8 Å². The standard InChI is InChI=1S/C22H29N3O2/c1-5-27-21-12-11-17(15-22(21)26-4)20-16-18(13-14-24(2)3)23-25(20)19-9-7-6-8-10-19/h6-12,15,20H,5,13-14,16H2,1-4H3/t20-/m1/s1. The second kappa shape index (κ2) is 8.91. The van der Waals surface area contributed by atoms with Gasteiger partial charge in [0.1, 0.15) is 0 Å². The second-order valence-corrected chi connectivity index (χ2v) is 6.96. The number of hydrazone groups is 1. The number of anilines is 1. The van der Waals surface area contributed by atoms with Crippen LogP contribution in [0.4, 0.5) is 5.69 Å². The van der Waals surface area contributed by atoms with Crippen LogP contribution in [-0.2, 0) is 0 Å². The molecule has 0 saturated heterocycles. The molecule has 27 heavy (non-hydrogen) atoms. The SMILES string of the molecule is CCOc1ccc([C@H]2CC(CCN(C)C)=NN2c2ccccc2)cc1OC. The molecule has 0 aliphatic carbocycles. The van der Waals surface area contributed by atoms with Crippen LogP contribution in [-0.4, -0.2) is 45.0 Å². The number of hydrogen-bond donors (Lipinski definition) is 0. The van der Waals surface area contributed by atoms with E-state index in [0.29, 0.717) is 6.61 Å². The molecule has 5 nitrogen and oxygen atoms in total. The molecule has 0 fully saturated rings. The highest BCUT2D eigenvalue weighted by Crippen LogP contribution is 2.39. The van der Waals surface area contributed by atoms with Gasteiger partial charge in [-0.05, 0) is 50.8 Å². The first-order valence-corrected chi connectivity index (χ1v) is 9.48. The predicted molar refractivity (Wildman–Crippen MR) is 111 cm³/mol. The summed E-state index contributed by atoms with van der Waals surface area (Å²) in [6.07, 6.45) is 1.89. The summed E-state index contributed by atoms with van der Waals surface area (Å²) in [5, 5.41) is 7.09. The Morgan fingerprint density at radius 1 is 1.11 bits per heavy atom. The zero-order valence-electron chi connectivity index (χ0n) is 16.7. The third-order valence-corrected chi connectivity index (χ3v) is 4.71. The molecule has 0 unspecified atom stereocenters. The Kier molecular flexibility index (Phi) is 6.35.